The Balaban J connectivity index is 0.000000235. The van der Waals surface area contributed by atoms with Crippen molar-refractivity contribution < 1.29 is 38.9 Å². The molecule has 0 radical (unpaired) electrons. The normalized spacial score (nSPS) is 10.0. The van der Waals surface area contributed by atoms with Crippen LogP contribution in [-0.4, -0.2) is 39.5 Å². The number of rotatable bonds is 5. The van der Waals surface area contributed by atoms with Crippen molar-refractivity contribution in [1.82, 2.24) is 0 Å². The highest BCUT2D eigenvalue weighted by Crippen LogP contribution is 2.25. The van der Waals surface area contributed by atoms with Gasteiger partial charge in [-0.25, -0.2) is 0 Å². The first-order chi connectivity index (χ1) is 19.7. The lowest BCUT2D eigenvalue weighted by molar-refractivity contribution is -0.139. The first-order valence-corrected chi connectivity index (χ1v) is 12.8. The molecule has 0 aliphatic carbocycles. The Kier molecular flexibility index (Phi) is 11.4. The Morgan fingerprint density at radius 3 is 2.02 bits per heavy atom. The molecule has 0 saturated carbocycles. The molecule has 0 unspecified atom stereocenters. The Morgan fingerprint density at radius 2 is 1.50 bits per heavy atom. The Labute approximate surface area is 243 Å². The number of fused-ring (bicyclic) bond motifs is 1. The molecule has 1 aromatic heterocycles. The lowest BCUT2D eigenvalue weighted by atomic mass is 10.0. The number of aromatic hydroxyl groups is 3. The monoisotopic (exact) mass is 574 g/mol. The summed E-state index contributed by atoms with van der Waals surface area (Å²) >= 11 is 0. The number of allylic oxidation sites excluding steroid dienone is 1. The maximum absolute atomic E-state index is 12.0. The second-order valence-electron chi connectivity index (χ2n) is 9.65. The summed E-state index contributed by atoms with van der Waals surface area (Å²) in [4.78, 5) is 45.7. The quantitative estimate of drug-likeness (QED) is 0.149. The Bertz CT molecular complexity index is 1670. The number of hydrogen-bond acceptors (Lipinski definition) is 9. The zero-order chi connectivity index (χ0) is 31.7. The SMILES string of the molecule is C=CC(=O)c1oc2cc(C)cc(C)c2c(=O)c1O.CC(=O)OCC(=O)c1c(C)cc(C)cc1O.Cc1cccc(O)c1. The summed E-state index contributed by atoms with van der Waals surface area (Å²) in [7, 11) is 0. The third kappa shape index (κ3) is 8.66. The fourth-order valence-corrected chi connectivity index (χ4v) is 4.11. The van der Waals surface area contributed by atoms with Crippen LogP contribution >= 0.6 is 0 Å². The molecule has 4 rings (SSSR count). The molecule has 3 aromatic carbocycles. The van der Waals surface area contributed by atoms with Gasteiger partial charge >= 0.3 is 5.97 Å². The predicted octanol–water partition coefficient (Wildman–Crippen LogP) is 5.94. The number of carbonyl (C=O) groups is 3. The summed E-state index contributed by atoms with van der Waals surface area (Å²) in [5.41, 5.74) is 4.16. The summed E-state index contributed by atoms with van der Waals surface area (Å²) in [5.74, 6) is -2.31. The van der Waals surface area contributed by atoms with Crippen LogP contribution in [0.15, 0.2) is 70.4 Å². The number of hydrogen-bond donors (Lipinski definition) is 3. The van der Waals surface area contributed by atoms with Gasteiger partial charge in [0, 0.05) is 6.92 Å². The molecule has 0 saturated heterocycles. The first kappa shape index (κ1) is 33.0. The van der Waals surface area contributed by atoms with E-state index in [1.807, 2.05) is 39.0 Å². The van der Waals surface area contributed by atoms with E-state index in [1.165, 1.54) is 13.0 Å². The van der Waals surface area contributed by atoms with Crippen molar-refractivity contribution in [3.8, 4) is 17.2 Å². The van der Waals surface area contributed by atoms with Gasteiger partial charge in [-0.1, -0.05) is 30.8 Å². The van der Waals surface area contributed by atoms with Gasteiger partial charge in [-0.3, -0.25) is 19.2 Å². The van der Waals surface area contributed by atoms with Gasteiger partial charge in [-0.05, 0) is 92.8 Å². The van der Waals surface area contributed by atoms with E-state index in [1.54, 1.807) is 38.1 Å². The molecule has 0 bridgehead atoms. The van der Waals surface area contributed by atoms with Crippen molar-refractivity contribution in [3.63, 3.8) is 0 Å². The Morgan fingerprint density at radius 1 is 0.881 bits per heavy atom. The van der Waals surface area contributed by atoms with Crippen molar-refractivity contribution in [1.29, 1.82) is 0 Å². The van der Waals surface area contributed by atoms with E-state index in [4.69, 9.17) is 9.52 Å². The van der Waals surface area contributed by atoms with E-state index in [-0.39, 0.29) is 23.7 Å². The van der Waals surface area contributed by atoms with Gasteiger partial charge in [0.15, 0.2) is 6.61 Å². The van der Waals surface area contributed by atoms with E-state index in [0.717, 1.165) is 22.8 Å². The highest BCUT2D eigenvalue weighted by atomic mass is 16.5. The second-order valence-corrected chi connectivity index (χ2v) is 9.65. The molecule has 9 heteroatoms. The van der Waals surface area contributed by atoms with Crippen molar-refractivity contribution >= 4 is 28.5 Å². The lowest BCUT2D eigenvalue weighted by Gasteiger charge is -2.08. The number of aryl methyl sites for hydroxylation is 5. The molecule has 3 N–H and O–H groups in total. The number of ether oxygens (including phenoxy) is 1. The fourth-order valence-electron chi connectivity index (χ4n) is 4.11. The van der Waals surface area contributed by atoms with E-state index in [0.29, 0.717) is 27.8 Å². The van der Waals surface area contributed by atoms with Crippen LogP contribution in [0.3, 0.4) is 0 Å². The van der Waals surface area contributed by atoms with Crippen LogP contribution in [0.2, 0.25) is 0 Å². The van der Waals surface area contributed by atoms with Crippen LogP contribution in [0, 0.1) is 34.6 Å². The highest BCUT2D eigenvalue weighted by molar-refractivity contribution is 6.05. The number of esters is 1. The van der Waals surface area contributed by atoms with Crippen molar-refractivity contribution in [2.75, 3.05) is 6.61 Å². The minimum atomic E-state index is -0.667. The van der Waals surface area contributed by atoms with Crippen molar-refractivity contribution in [2.24, 2.45) is 0 Å². The number of phenols is 2. The molecule has 42 heavy (non-hydrogen) atoms. The molecule has 9 nitrogen and oxygen atoms in total. The largest absolute Gasteiger partial charge is 0.508 e. The maximum atomic E-state index is 12.0. The van der Waals surface area contributed by atoms with E-state index in [2.05, 4.69) is 11.3 Å². The summed E-state index contributed by atoms with van der Waals surface area (Å²) in [6, 6.07) is 13.9. The molecule has 4 aromatic rings. The molecular formula is C33H34O9. The average molecular weight is 575 g/mol. The van der Waals surface area contributed by atoms with Gasteiger partial charge in [-0.2, -0.15) is 0 Å². The topological polar surface area (TPSA) is 151 Å². The van der Waals surface area contributed by atoms with Gasteiger partial charge in [-0.15, -0.1) is 0 Å². The highest BCUT2D eigenvalue weighted by Gasteiger charge is 2.19. The van der Waals surface area contributed by atoms with Gasteiger partial charge in [0.2, 0.25) is 28.5 Å². The number of phenolic OH excluding ortho intramolecular Hbond substituents is 2. The average Bonchev–Trinajstić information content (AvgIpc) is 2.88. The van der Waals surface area contributed by atoms with Crippen LogP contribution in [0.5, 0.6) is 17.2 Å². The molecule has 0 fully saturated rings. The minimum absolute atomic E-state index is 0.0744. The summed E-state index contributed by atoms with van der Waals surface area (Å²) in [5, 5.41) is 28.5. The standard InChI is InChI=1S/C14H12O4.C12H14O4.C7H8O/c1-4-9(15)14-13(17)12(16)11-8(3)5-7(2)6-10(11)18-14;1-7-4-8(2)12(10(14)5-7)11(15)6-16-9(3)13;1-6-3-2-4-7(8)5-6/h4-6,17H,1H2,2-3H3;4-5,14H,6H2,1-3H3;2-5,8H,1H3. The molecule has 0 aliphatic rings. The third-order valence-corrected chi connectivity index (χ3v) is 5.87. The minimum Gasteiger partial charge on any atom is -0.508 e. The number of Topliss-reactive ketones (excluding diaryl/α,β-unsaturated/α-hetero) is 1. The van der Waals surface area contributed by atoms with Gasteiger partial charge in [0.05, 0.1) is 10.9 Å². The fraction of sp³-hybridized carbons (Fsp3) is 0.212. The van der Waals surface area contributed by atoms with E-state index < -0.39 is 28.7 Å². The zero-order valence-corrected chi connectivity index (χ0v) is 24.4. The van der Waals surface area contributed by atoms with E-state index in [9.17, 15) is 29.4 Å². The Hall–Kier alpha value is -5.18. The number of ketones is 2. The van der Waals surface area contributed by atoms with Crippen molar-refractivity contribution in [3.05, 3.63) is 111 Å². The molecular weight excluding hydrogens is 540 g/mol. The van der Waals surface area contributed by atoms with Gasteiger partial charge in [0.25, 0.3) is 0 Å². The van der Waals surface area contributed by atoms with Gasteiger partial charge < -0.3 is 24.5 Å². The van der Waals surface area contributed by atoms with Crippen LogP contribution < -0.4 is 5.43 Å². The van der Waals surface area contributed by atoms with Crippen LogP contribution in [0.1, 0.15) is 55.7 Å². The number of benzene rings is 3. The van der Waals surface area contributed by atoms with Crippen LogP contribution in [0.25, 0.3) is 11.0 Å². The lowest BCUT2D eigenvalue weighted by Crippen LogP contribution is -2.13. The smallest absolute Gasteiger partial charge is 0.303 e. The molecule has 0 amide bonds. The second kappa shape index (κ2) is 14.5. The molecule has 0 atom stereocenters. The first-order valence-electron chi connectivity index (χ1n) is 12.8. The van der Waals surface area contributed by atoms with Gasteiger partial charge in [0.1, 0.15) is 17.1 Å². The van der Waals surface area contributed by atoms with Crippen molar-refractivity contribution in [2.45, 2.75) is 41.5 Å². The molecule has 1 heterocycles. The third-order valence-electron chi connectivity index (χ3n) is 5.87. The zero-order valence-electron chi connectivity index (χ0n) is 24.4. The molecule has 0 spiro atoms. The summed E-state index contributed by atoms with van der Waals surface area (Å²) in [6.45, 7) is 13.3. The predicted molar refractivity (Wildman–Crippen MR) is 160 cm³/mol. The van der Waals surface area contributed by atoms with E-state index >= 15 is 0 Å². The van der Waals surface area contributed by atoms with Crippen LogP contribution in [0.4, 0.5) is 0 Å². The number of carbonyl (C=O) groups excluding carboxylic acids is 3. The van der Waals surface area contributed by atoms with Crippen LogP contribution in [-0.2, 0) is 9.53 Å². The summed E-state index contributed by atoms with van der Waals surface area (Å²) in [6.07, 6.45) is 0.993. The molecule has 220 valence electrons. The maximum Gasteiger partial charge on any atom is 0.303 e. The summed E-state index contributed by atoms with van der Waals surface area (Å²) < 4.78 is 9.92. The molecule has 0 aliphatic heterocycles.